The third-order valence-electron chi connectivity index (χ3n) is 5.37. The van der Waals surface area contributed by atoms with Gasteiger partial charge in [-0.25, -0.2) is 9.07 Å². The summed E-state index contributed by atoms with van der Waals surface area (Å²) < 4.78 is 15.3. The molecule has 6 heteroatoms. The zero-order valence-corrected chi connectivity index (χ0v) is 14.2. The smallest absolute Gasteiger partial charge is 0.195 e. The molecule has 1 heterocycles. The summed E-state index contributed by atoms with van der Waals surface area (Å²) in [6.45, 7) is 4.55. The molecule has 3 rings (SSSR count). The van der Waals surface area contributed by atoms with Gasteiger partial charge in [0.05, 0.1) is 12.1 Å². The zero-order chi connectivity index (χ0) is 16.7. The maximum absolute atomic E-state index is 13.1. The summed E-state index contributed by atoms with van der Waals surface area (Å²) in [7, 11) is 0. The lowest BCUT2D eigenvalue weighted by Gasteiger charge is -2.40. The number of hydrogen-bond acceptors (Lipinski definition) is 3. The Balaban J connectivity index is 1.88. The maximum atomic E-state index is 13.1. The van der Waals surface area contributed by atoms with Crippen LogP contribution in [0.15, 0.2) is 30.6 Å². The SMILES string of the molecule is CC1(C)CC[C@@H](Cc2ccc(F)cc2)[C@@]1(O)Cn1nc[nH]c1=S. The van der Waals surface area contributed by atoms with Crippen LogP contribution in [0.2, 0.25) is 0 Å². The number of hydrogen-bond donors (Lipinski definition) is 2. The van der Waals surface area contributed by atoms with Crippen molar-refractivity contribution < 1.29 is 9.50 Å². The maximum Gasteiger partial charge on any atom is 0.195 e. The Kier molecular flexibility index (Phi) is 4.14. The number of aromatic amines is 1. The Hall–Kier alpha value is -1.53. The van der Waals surface area contributed by atoms with Crippen LogP contribution in [0.1, 0.15) is 32.3 Å². The van der Waals surface area contributed by atoms with Gasteiger partial charge in [0.1, 0.15) is 12.1 Å². The molecule has 1 saturated carbocycles. The summed E-state index contributed by atoms with van der Waals surface area (Å²) in [4.78, 5) is 2.87. The van der Waals surface area contributed by atoms with Crippen LogP contribution in [0.4, 0.5) is 4.39 Å². The first kappa shape index (κ1) is 16.3. The summed E-state index contributed by atoms with van der Waals surface area (Å²) in [6, 6.07) is 6.53. The highest BCUT2D eigenvalue weighted by Crippen LogP contribution is 2.51. The minimum absolute atomic E-state index is 0.0848. The van der Waals surface area contributed by atoms with E-state index in [1.54, 1.807) is 23.1 Å². The second-order valence-electron chi connectivity index (χ2n) is 7.13. The number of rotatable bonds is 4. The topological polar surface area (TPSA) is 53.8 Å². The van der Waals surface area contributed by atoms with Crippen molar-refractivity contribution in [3.05, 3.63) is 46.7 Å². The Morgan fingerprint density at radius 1 is 1.39 bits per heavy atom. The van der Waals surface area contributed by atoms with Gasteiger partial charge in [-0.05, 0) is 60.5 Å². The van der Waals surface area contributed by atoms with Gasteiger partial charge in [0.2, 0.25) is 0 Å². The molecule has 2 N–H and O–H groups in total. The van der Waals surface area contributed by atoms with E-state index in [0.717, 1.165) is 24.8 Å². The minimum atomic E-state index is -0.908. The molecule has 124 valence electrons. The fourth-order valence-corrected chi connectivity index (χ4v) is 3.85. The Morgan fingerprint density at radius 2 is 2.09 bits per heavy atom. The van der Waals surface area contributed by atoms with Crippen LogP contribution < -0.4 is 0 Å². The first-order chi connectivity index (χ1) is 10.8. The molecule has 1 aliphatic carbocycles. The van der Waals surface area contributed by atoms with E-state index in [1.807, 2.05) is 0 Å². The van der Waals surface area contributed by atoms with Gasteiger partial charge in [-0.3, -0.25) is 0 Å². The zero-order valence-electron chi connectivity index (χ0n) is 13.4. The Labute approximate surface area is 140 Å². The lowest BCUT2D eigenvalue weighted by atomic mass is 9.72. The summed E-state index contributed by atoms with van der Waals surface area (Å²) in [5.41, 5.74) is -0.0987. The van der Waals surface area contributed by atoms with Crippen LogP contribution in [0.3, 0.4) is 0 Å². The van der Waals surface area contributed by atoms with Crippen LogP contribution in [-0.4, -0.2) is 25.5 Å². The van der Waals surface area contributed by atoms with E-state index >= 15 is 0 Å². The lowest BCUT2D eigenvalue weighted by Crippen LogP contribution is -2.49. The van der Waals surface area contributed by atoms with E-state index in [-0.39, 0.29) is 17.2 Å². The number of benzene rings is 1. The third-order valence-corrected chi connectivity index (χ3v) is 5.70. The average Bonchev–Trinajstić information content (AvgIpc) is 2.98. The fourth-order valence-electron chi connectivity index (χ4n) is 3.68. The van der Waals surface area contributed by atoms with E-state index < -0.39 is 5.60 Å². The quantitative estimate of drug-likeness (QED) is 0.841. The minimum Gasteiger partial charge on any atom is -0.387 e. The van der Waals surface area contributed by atoms with Crippen molar-refractivity contribution in [3.63, 3.8) is 0 Å². The number of aliphatic hydroxyl groups is 1. The summed E-state index contributed by atoms with van der Waals surface area (Å²) in [5, 5.41) is 15.7. The average molecular weight is 335 g/mol. The van der Waals surface area contributed by atoms with E-state index in [0.29, 0.717) is 11.3 Å². The molecular formula is C17H22FN3OS. The highest BCUT2D eigenvalue weighted by Gasteiger charge is 2.54. The number of H-pyrrole nitrogens is 1. The van der Waals surface area contributed by atoms with Gasteiger partial charge >= 0.3 is 0 Å². The molecule has 0 bridgehead atoms. The van der Waals surface area contributed by atoms with E-state index in [1.165, 1.54) is 12.1 Å². The normalized spacial score (nSPS) is 26.5. The molecule has 0 amide bonds. The van der Waals surface area contributed by atoms with Gasteiger partial charge in [0, 0.05) is 0 Å². The highest BCUT2D eigenvalue weighted by molar-refractivity contribution is 7.71. The fraction of sp³-hybridized carbons (Fsp3) is 0.529. The summed E-state index contributed by atoms with van der Waals surface area (Å²) >= 11 is 5.22. The van der Waals surface area contributed by atoms with Crippen molar-refractivity contribution in [2.45, 2.75) is 45.3 Å². The molecule has 2 aromatic rings. The van der Waals surface area contributed by atoms with Crippen LogP contribution in [0.5, 0.6) is 0 Å². The lowest BCUT2D eigenvalue weighted by molar-refractivity contribution is -0.0909. The molecule has 2 atom stereocenters. The third kappa shape index (κ3) is 2.97. The number of nitrogens with one attached hydrogen (secondary N) is 1. The van der Waals surface area contributed by atoms with Crippen LogP contribution in [0, 0.1) is 21.9 Å². The second kappa shape index (κ2) is 5.83. The van der Waals surface area contributed by atoms with Crippen LogP contribution in [-0.2, 0) is 13.0 Å². The molecule has 0 spiro atoms. The molecule has 0 saturated heterocycles. The van der Waals surface area contributed by atoms with Crippen LogP contribution in [0.25, 0.3) is 0 Å². The Morgan fingerprint density at radius 3 is 2.70 bits per heavy atom. The Bertz CT molecular complexity index is 737. The molecule has 1 fully saturated rings. The van der Waals surface area contributed by atoms with Gasteiger partial charge in [-0.1, -0.05) is 26.0 Å². The van der Waals surface area contributed by atoms with Crippen molar-refractivity contribution in [2.75, 3.05) is 0 Å². The van der Waals surface area contributed by atoms with Crippen molar-refractivity contribution in [2.24, 2.45) is 11.3 Å². The largest absolute Gasteiger partial charge is 0.387 e. The molecule has 4 nitrogen and oxygen atoms in total. The summed E-state index contributed by atoms with van der Waals surface area (Å²) in [6.07, 6.45) is 4.13. The van der Waals surface area contributed by atoms with Crippen molar-refractivity contribution in [1.29, 1.82) is 0 Å². The van der Waals surface area contributed by atoms with Gasteiger partial charge in [-0.15, -0.1) is 0 Å². The van der Waals surface area contributed by atoms with Gasteiger partial charge in [-0.2, -0.15) is 5.10 Å². The van der Waals surface area contributed by atoms with Crippen molar-refractivity contribution in [1.82, 2.24) is 14.8 Å². The molecule has 0 unspecified atom stereocenters. The van der Waals surface area contributed by atoms with Crippen molar-refractivity contribution in [3.8, 4) is 0 Å². The standard InChI is InChI=1S/C17H22FN3OS/c1-16(2)8-7-13(9-12-3-5-14(18)6-4-12)17(16,22)10-21-15(23)19-11-20-21/h3-6,11,13,22H,7-10H2,1-2H3,(H,19,20,23)/t13-,17-/m0/s1. The van der Waals surface area contributed by atoms with Gasteiger partial charge in [0.15, 0.2) is 4.77 Å². The predicted octanol–water partition coefficient (Wildman–Crippen LogP) is 3.49. The second-order valence-corrected chi connectivity index (χ2v) is 7.51. The highest BCUT2D eigenvalue weighted by atomic mass is 32.1. The molecule has 0 aliphatic heterocycles. The van der Waals surface area contributed by atoms with E-state index in [2.05, 4.69) is 23.9 Å². The van der Waals surface area contributed by atoms with E-state index in [4.69, 9.17) is 12.2 Å². The predicted molar refractivity (Wildman–Crippen MR) is 89.0 cm³/mol. The van der Waals surface area contributed by atoms with Gasteiger partial charge in [0.25, 0.3) is 0 Å². The first-order valence-corrected chi connectivity index (χ1v) is 8.30. The first-order valence-electron chi connectivity index (χ1n) is 7.89. The summed E-state index contributed by atoms with van der Waals surface area (Å²) in [5.74, 6) is -0.153. The van der Waals surface area contributed by atoms with Gasteiger partial charge < -0.3 is 10.1 Å². The molecule has 1 aromatic carbocycles. The van der Waals surface area contributed by atoms with Crippen molar-refractivity contribution >= 4 is 12.2 Å². The molecule has 0 radical (unpaired) electrons. The molecule has 23 heavy (non-hydrogen) atoms. The number of aromatic nitrogens is 3. The van der Waals surface area contributed by atoms with Crippen LogP contribution >= 0.6 is 12.2 Å². The molecular weight excluding hydrogens is 313 g/mol. The molecule has 1 aliphatic rings. The number of halogens is 1. The van der Waals surface area contributed by atoms with E-state index in [9.17, 15) is 9.50 Å². The number of nitrogens with zero attached hydrogens (tertiary/aromatic N) is 2. The monoisotopic (exact) mass is 335 g/mol. The molecule has 1 aromatic heterocycles.